The first-order chi connectivity index (χ1) is 9.47. The minimum atomic E-state index is -0.297. The molecule has 0 radical (unpaired) electrons. The number of ketones is 1. The summed E-state index contributed by atoms with van der Waals surface area (Å²) in [4.78, 5) is 23.8. The third-order valence-corrected chi connectivity index (χ3v) is 4.33. The fourth-order valence-corrected chi connectivity index (χ4v) is 2.79. The third-order valence-electron chi connectivity index (χ3n) is 3.68. The molecule has 0 heterocycles. The maximum Gasteiger partial charge on any atom is 0.221 e. The van der Waals surface area contributed by atoms with E-state index >= 15 is 0 Å². The van der Waals surface area contributed by atoms with Crippen molar-refractivity contribution in [3.8, 4) is 0 Å². The number of carbonyl (C=O) groups is 2. The standard InChI is InChI=1S/C16H18ClNO2/c1-4-9(2)14(17)13-11-7-5-6-8-12(11)16(20)15(13)18-10(3)19/h5-9,14H,4H2,1-3H3,(H,18,19,20). The van der Waals surface area contributed by atoms with Gasteiger partial charge in [0.25, 0.3) is 0 Å². The average molecular weight is 292 g/mol. The summed E-state index contributed by atoms with van der Waals surface area (Å²) < 4.78 is 0. The second kappa shape index (κ2) is 5.80. The van der Waals surface area contributed by atoms with E-state index in [1.165, 1.54) is 6.92 Å². The zero-order valence-electron chi connectivity index (χ0n) is 11.9. The number of rotatable bonds is 4. The first kappa shape index (κ1) is 14.8. The Morgan fingerprint density at radius 1 is 1.30 bits per heavy atom. The molecule has 0 aliphatic heterocycles. The number of alkyl halides is 1. The zero-order valence-corrected chi connectivity index (χ0v) is 12.6. The van der Waals surface area contributed by atoms with Gasteiger partial charge in [-0.25, -0.2) is 0 Å². The lowest BCUT2D eigenvalue weighted by Crippen LogP contribution is -2.25. The number of benzene rings is 1. The Bertz CT molecular complexity index is 592. The summed E-state index contributed by atoms with van der Waals surface area (Å²) >= 11 is 6.55. The molecule has 2 unspecified atom stereocenters. The molecular weight excluding hydrogens is 274 g/mol. The van der Waals surface area contributed by atoms with E-state index in [4.69, 9.17) is 11.6 Å². The fraction of sp³-hybridized carbons (Fsp3) is 0.375. The van der Waals surface area contributed by atoms with Gasteiger partial charge in [0.1, 0.15) is 0 Å². The molecule has 3 nitrogen and oxygen atoms in total. The summed E-state index contributed by atoms with van der Waals surface area (Å²) in [5.74, 6) is -0.194. The van der Waals surface area contributed by atoms with Crippen molar-refractivity contribution in [3.63, 3.8) is 0 Å². The molecule has 106 valence electrons. The number of hydrogen-bond donors (Lipinski definition) is 1. The van der Waals surface area contributed by atoms with Gasteiger partial charge in [0, 0.05) is 18.1 Å². The van der Waals surface area contributed by atoms with E-state index in [2.05, 4.69) is 12.2 Å². The Kier molecular flexibility index (Phi) is 4.29. The molecule has 0 bridgehead atoms. The predicted octanol–water partition coefficient (Wildman–Crippen LogP) is 3.38. The van der Waals surface area contributed by atoms with Crippen LogP contribution in [0.1, 0.15) is 43.1 Å². The summed E-state index contributed by atoms with van der Waals surface area (Å²) in [6.45, 7) is 5.50. The highest BCUT2D eigenvalue weighted by atomic mass is 35.5. The number of allylic oxidation sites excluding steroid dienone is 2. The molecule has 20 heavy (non-hydrogen) atoms. The zero-order chi connectivity index (χ0) is 14.9. The van der Waals surface area contributed by atoms with E-state index < -0.39 is 0 Å². The van der Waals surface area contributed by atoms with E-state index in [1.807, 2.05) is 25.1 Å². The lowest BCUT2D eigenvalue weighted by atomic mass is 9.94. The van der Waals surface area contributed by atoms with E-state index in [1.54, 1.807) is 6.07 Å². The number of fused-ring (bicyclic) bond motifs is 1. The quantitative estimate of drug-likeness (QED) is 0.865. The smallest absolute Gasteiger partial charge is 0.221 e. The van der Waals surface area contributed by atoms with Crippen molar-refractivity contribution < 1.29 is 9.59 Å². The van der Waals surface area contributed by atoms with Gasteiger partial charge < -0.3 is 5.32 Å². The van der Waals surface area contributed by atoms with Crippen LogP contribution in [-0.2, 0) is 4.79 Å². The van der Waals surface area contributed by atoms with Crippen LogP contribution in [0.4, 0.5) is 0 Å². The molecule has 2 rings (SSSR count). The van der Waals surface area contributed by atoms with Crippen LogP contribution in [0.15, 0.2) is 30.0 Å². The highest BCUT2D eigenvalue weighted by molar-refractivity contribution is 6.32. The minimum absolute atomic E-state index is 0.153. The monoisotopic (exact) mass is 291 g/mol. The van der Waals surface area contributed by atoms with Gasteiger partial charge in [-0.05, 0) is 11.5 Å². The van der Waals surface area contributed by atoms with Crippen molar-refractivity contribution in [3.05, 3.63) is 41.1 Å². The molecule has 4 heteroatoms. The molecule has 2 atom stereocenters. The van der Waals surface area contributed by atoms with Crippen molar-refractivity contribution in [2.75, 3.05) is 0 Å². The maximum atomic E-state index is 12.4. The lowest BCUT2D eigenvalue weighted by Gasteiger charge is -2.19. The number of hydrogen-bond acceptors (Lipinski definition) is 2. The molecule has 0 aromatic heterocycles. The van der Waals surface area contributed by atoms with Crippen molar-refractivity contribution in [2.24, 2.45) is 5.92 Å². The summed E-state index contributed by atoms with van der Waals surface area (Å²) in [5.41, 5.74) is 2.53. The number of carbonyl (C=O) groups excluding carboxylic acids is 2. The number of halogens is 1. The second-order valence-corrected chi connectivity index (χ2v) is 5.60. The van der Waals surface area contributed by atoms with Crippen LogP contribution in [0.25, 0.3) is 5.57 Å². The minimum Gasteiger partial charge on any atom is -0.323 e. The third kappa shape index (κ3) is 2.50. The Hall–Kier alpha value is -1.61. The van der Waals surface area contributed by atoms with Crippen LogP contribution in [0.5, 0.6) is 0 Å². The normalized spacial score (nSPS) is 16.9. The van der Waals surface area contributed by atoms with E-state index in [0.29, 0.717) is 11.3 Å². The number of amides is 1. The van der Waals surface area contributed by atoms with Crippen molar-refractivity contribution in [1.29, 1.82) is 0 Å². The molecule has 1 aromatic carbocycles. The molecular formula is C16H18ClNO2. The largest absolute Gasteiger partial charge is 0.323 e. The number of Topliss-reactive ketones (excluding diaryl/α,β-unsaturated/α-hetero) is 1. The summed E-state index contributed by atoms with van der Waals surface area (Å²) in [6.07, 6.45) is 0.904. The van der Waals surface area contributed by atoms with Gasteiger partial charge >= 0.3 is 0 Å². The topological polar surface area (TPSA) is 46.2 Å². The SMILES string of the molecule is CCC(C)C(Cl)C1=C(NC(C)=O)C(=O)c2ccccc21. The van der Waals surface area contributed by atoms with Gasteiger partial charge in [-0.1, -0.05) is 44.5 Å². The van der Waals surface area contributed by atoms with Crippen LogP contribution in [0.3, 0.4) is 0 Å². The van der Waals surface area contributed by atoms with Crippen LogP contribution in [0.2, 0.25) is 0 Å². The van der Waals surface area contributed by atoms with Gasteiger partial charge in [0.2, 0.25) is 11.7 Å². The first-order valence-corrected chi connectivity index (χ1v) is 7.20. The van der Waals surface area contributed by atoms with Crippen LogP contribution >= 0.6 is 11.6 Å². The van der Waals surface area contributed by atoms with Crippen LogP contribution in [0, 0.1) is 5.92 Å². The fourth-order valence-electron chi connectivity index (χ4n) is 2.39. The van der Waals surface area contributed by atoms with E-state index in [0.717, 1.165) is 17.6 Å². The van der Waals surface area contributed by atoms with Crippen LogP contribution < -0.4 is 5.32 Å². The van der Waals surface area contributed by atoms with E-state index in [-0.39, 0.29) is 23.0 Å². The predicted molar refractivity (Wildman–Crippen MR) is 80.6 cm³/mol. The van der Waals surface area contributed by atoms with Gasteiger partial charge in [-0.2, -0.15) is 0 Å². The summed E-state index contributed by atoms with van der Waals surface area (Å²) in [5, 5.41) is 2.36. The summed E-state index contributed by atoms with van der Waals surface area (Å²) in [7, 11) is 0. The molecule has 1 N–H and O–H groups in total. The van der Waals surface area contributed by atoms with Gasteiger partial charge in [0.05, 0.1) is 11.1 Å². The molecule has 1 amide bonds. The first-order valence-electron chi connectivity index (χ1n) is 6.77. The molecule has 0 saturated heterocycles. The average Bonchev–Trinajstić information content (AvgIpc) is 2.70. The van der Waals surface area contributed by atoms with Crippen molar-refractivity contribution >= 4 is 28.9 Å². The maximum absolute atomic E-state index is 12.4. The van der Waals surface area contributed by atoms with Gasteiger partial charge in [0.15, 0.2) is 0 Å². The molecule has 1 aliphatic carbocycles. The number of nitrogens with one attached hydrogen (secondary N) is 1. The Balaban J connectivity index is 2.56. The van der Waals surface area contributed by atoms with Crippen molar-refractivity contribution in [2.45, 2.75) is 32.6 Å². The highest BCUT2D eigenvalue weighted by Gasteiger charge is 2.34. The van der Waals surface area contributed by atoms with Crippen molar-refractivity contribution in [1.82, 2.24) is 5.32 Å². The molecule has 0 spiro atoms. The molecule has 1 aliphatic rings. The van der Waals surface area contributed by atoms with Gasteiger partial charge in [-0.3, -0.25) is 9.59 Å². The lowest BCUT2D eigenvalue weighted by molar-refractivity contribution is -0.118. The van der Waals surface area contributed by atoms with E-state index in [9.17, 15) is 9.59 Å². The molecule has 0 saturated carbocycles. The highest BCUT2D eigenvalue weighted by Crippen LogP contribution is 2.39. The summed E-state index contributed by atoms with van der Waals surface area (Å²) in [6, 6.07) is 7.35. The second-order valence-electron chi connectivity index (χ2n) is 5.13. The Morgan fingerprint density at radius 2 is 1.90 bits per heavy atom. The van der Waals surface area contributed by atoms with Gasteiger partial charge in [-0.15, -0.1) is 11.6 Å². The molecule has 0 fully saturated rings. The van der Waals surface area contributed by atoms with Crippen LogP contribution in [-0.4, -0.2) is 17.1 Å². The molecule has 1 aromatic rings. The Morgan fingerprint density at radius 3 is 2.45 bits per heavy atom. The Labute approximate surface area is 124 Å².